The molecule has 2 rings (SSSR count). The average molecular weight is 164 g/mol. The molecule has 0 saturated carbocycles. The predicted molar refractivity (Wildman–Crippen MR) is 49.3 cm³/mol. The molecule has 1 atom stereocenters. The van der Waals surface area contributed by atoms with E-state index in [9.17, 15) is 0 Å². The number of nitrogens with zero attached hydrogens (tertiary/aromatic N) is 2. The number of fused-ring (bicyclic) bond motifs is 1. The smallest absolute Gasteiger partial charge is 0.137 e. The summed E-state index contributed by atoms with van der Waals surface area (Å²) < 4.78 is 2.06. The summed E-state index contributed by atoms with van der Waals surface area (Å²) in [5.41, 5.74) is 3.22. The zero-order valence-corrected chi connectivity index (χ0v) is 7.44. The molecule has 0 N–H and O–H groups in total. The Labute approximate surface area is 67.5 Å². The van der Waals surface area contributed by atoms with E-state index in [0.29, 0.717) is 0 Å². The summed E-state index contributed by atoms with van der Waals surface area (Å²) in [5.74, 6) is 0. The zero-order valence-electron chi connectivity index (χ0n) is 6.28. The number of hydrogen-bond acceptors (Lipinski definition) is 1. The first-order valence-corrected chi connectivity index (χ1v) is 4.06. The molecule has 0 spiro atoms. The van der Waals surface area contributed by atoms with E-state index in [4.69, 9.17) is 0 Å². The van der Waals surface area contributed by atoms with Crippen LogP contribution in [0.5, 0.6) is 0 Å². The van der Waals surface area contributed by atoms with Gasteiger partial charge in [0.15, 0.2) is 0 Å². The van der Waals surface area contributed by atoms with Gasteiger partial charge in [0.25, 0.3) is 0 Å². The summed E-state index contributed by atoms with van der Waals surface area (Å²) in [7, 11) is 2.69. The van der Waals surface area contributed by atoms with E-state index in [1.807, 2.05) is 31.3 Å². The van der Waals surface area contributed by atoms with Crippen molar-refractivity contribution in [3.63, 3.8) is 0 Å². The van der Waals surface area contributed by atoms with Gasteiger partial charge >= 0.3 is 0 Å². The Balaban J connectivity index is 2.92. The van der Waals surface area contributed by atoms with Crippen molar-refractivity contribution < 1.29 is 0 Å². The van der Waals surface area contributed by atoms with Gasteiger partial charge < -0.3 is 4.40 Å². The summed E-state index contributed by atoms with van der Waals surface area (Å²) in [5, 5.41) is 0. The van der Waals surface area contributed by atoms with Crippen molar-refractivity contribution in [2.45, 2.75) is 6.92 Å². The van der Waals surface area contributed by atoms with Gasteiger partial charge in [-0.05, 0) is 19.1 Å². The van der Waals surface area contributed by atoms with Gasteiger partial charge in [-0.15, -0.1) is 0 Å². The van der Waals surface area contributed by atoms with E-state index in [1.165, 1.54) is 0 Å². The minimum absolute atomic E-state index is 1.01. The van der Waals surface area contributed by atoms with Crippen molar-refractivity contribution in [2.24, 2.45) is 0 Å². The fourth-order valence-electron chi connectivity index (χ4n) is 1.13. The number of rotatable bonds is 0. The SMILES string of the molecule is Cc1nc2ccccn2c1P. The van der Waals surface area contributed by atoms with E-state index in [0.717, 1.165) is 16.8 Å². The second-order valence-corrected chi connectivity index (χ2v) is 3.06. The van der Waals surface area contributed by atoms with Crippen molar-refractivity contribution in [3.05, 3.63) is 30.1 Å². The summed E-state index contributed by atoms with van der Waals surface area (Å²) >= 11 is 0. The van der Waals surface area contributed by atoms with Crippen LogP contribution in [0.25, 0.3) is 5.65 Å². The topological polar surface area (TPSA) is 17.3 Å². The Morgan fingerprint density at radius 1 is 1.45 bits per heavy atom. The molecule has 0 saturated heterocycles. The molecule has 0 radical (unpaired) electrons. The molecule has 0 amide bonds. The second-order valence-electron chi connectivity index (χ2n) is 2.51. The van der Waals surface area contributed by atoms with Gasteiger partial charge in [-0.2, -0.15) is 0 Å². The molecule has 56 valence electrons. The van der Waals surface area contributed by atoms with Gasteiger partial charge in [-0.1, -0.05) is 15.3 Å². The predicted octanol–water partition coefficient (Wildman–Crippen LogP) is 1.14. The molecule has 2 aromatic rings. The lowest BCUT2D eigenvalue weighted by Crippen LogP contribution is -2.01. The first kappa shape index (κ1) is 6.81. The molecule has 3 heteroatoms. The highest BCUT2D eigenvalue weighted by Gasteiger charge is 2.00. The summed E-state index contributed by atoms with van der Waals surface area (Å²) in [6.45, 7) is 2.01. The standard InChI is InChI=1S/C8H9N2P/c1-6-8(11)10-5-3-2-4-7(10)9-6/h2-5H,11H2,1H3. The maximum Gasteiger partial charge on any atom is 0.137 e. The third-order valence-corrected chi connectivity index (χ3v) is 2.45. The van der Waals surface area contributed by atoms with Crippen LogP contribution in [0.15, 0.2) is 24.4 Å². The molecule has 0 aliphatic heterocycles. The van der Waals surface area contributed by atoms with Crippen molar-refractivity contribution in [2.75, 3.05) is 0 Å². The number of imidazole rings is 1. The van der Waals surface area contributed by atoms with E-state index < -0.39 is 0 Å². The molecule has 0 bridgehead atoms. The van der Waals surface area contributed by atoms with Crippen LogP contribution < -0.4 is 5.44 Å². The molecule has 1 unspecified atom stereocenters. The normalized spacial score (nSPS) is 10.7. The van der Waals surface area contributed by atoms with E-state index in [2.05, 4.69) is 18.6 Å². The molecule has 2 aromatic heterocycles. The molecule has 0 fully saturated rings. The molecule has 0 aliphatic carbocycles. The van der Waals surface area contributed by atoms with E-state index >= 15 is 0 Å². The Kier molecular flexibility index (Phi) is 1.43. The Bertz CT molecular complexity index is 392. The zero-order chi connectivity index (χ0) is 7.84. The molecule has 0 aromatic carbocycles. The van der Waals surface area contributed by atoms with Crippen LogP contribution in [0.4, 0.5) is 0 Å². The highest BCUT2D eigenvalue weighted by atomic mass is 31.0. The highest BCUT2D eigenvalue weighted by Crippen LogP contribution is 2.03. The van der Waals surface area contributed by atoms with Crippen LogP contribution in [0.3, 0.4) is 0 Å². The maximum absolute atomic E-state index is 4.35. The van der Waals surface area contributed by atoms with Gasteiger partial charge in [0.1, 0.15) is 5.65 Å². The third kappa shape index (κ3) is 0.945. The lowest BCUT2D eigenvalue weighted by molar-refractivity contribution is 1.22. The first-order valence-electron chi connectivity index (χ1n) is 3.48. The van der Waals surface area contributed by atoms with Crippen LogP contribution in [0.1, 0.15) is 5.69 Å². The van der Waals surface area contributed by atoms with Crippen LogP contribution >= 0.6 is 9.24 Å². The highest BCUT2D eigenvalue weighted by molar-refractivity contribution is 7.27. The molecular weight excluding hydrogens is 155 g/mol. The monoisotopic (exact) mass is 164 g/mol. The minimum Gasteiger partial charge on any atom is -0.300 e. The fraction of sp³-hybridized carbons (Fsp3) is 0.125. The first-order chi connectivity index (χ1) is 5.29. The van der Waals surface area contributed by atoms with Crippen molar-refractivity contribution in [1.82, 2.24) is 9.38 Å². The summed E-state index contributed by atoms with van der Waals surface area (Å²) in [6, 6.07) is 5.99. The van der Waals surface area contributed by atoms with Crippen LogP contribution in [-0.2, 0) is 0 Å². The van der Waals surface area contributed by atoms with Gasteiger partial charge in [0, 0.05) is 6.20 Å². The van der Waals surface area contributed by atoms with E-state index in [1.54, 1.807) is 0 Å². The van der Waals surface area contributed by atoms with Crippen LogP contribution in [0.2, 0.25) is 0 Å². The molecule has 2 nitrogen and oxygen atoms in total. The van der Waals surface area contributed by atoms with Crippen molar-refractivity contribution >= 4 is 20.3 Å². The quantitative estimate of drug-likeness (QED) is 0.534. The average Bonchev–Trinajstić information content (AvgIpc) is 2.30. The van der Waals surface area contributed by atoms with Gasteiger partial charge in [0.2, 0.25) is 0 Å². The molecular formula is C8H9N2P. The second kappa shape index (κ2) is 2.31. The van der Waals surface area contributed by atoms with Gasteiger partial charge in [-0.25, -0.2) is 4.98 Å². The van der Waals surface area contributed by atoms with Crippen molar-refractivity contribution in [3.8, 4) is 0 Å². The molecule has 2 heterocycles. The largest absolute Gasteiger partial charge is 0.300 e. The van der Waals surface area contributed by atoms with Crippen LogP contribution in [0, 0.1) is 6.92 Å². The summed E-state index contributed by atoms with van der Waals surface area (Å²) in [4.78, 5) is 4.35. The summed E-state index contributed by atoms with van der Waals surface area (Å²) in [6.07, 6.45) is 2.01. The Hall–Kier alpha value is -0.880. The molecule has 0 aliphatic rings. The third-order valence-electron chi connectivity index (χ3n) is 1.75. The number of aromatic nitrogens is 2. The number of pyridine rings is 1. The Morgan fingerprint density at radius 3 is 3.00 bits per heavy atom. The lowest BCUT2D eigenvalue weighted by atomic mass is 10.5. The lowest BCUT2D eigenvalue weighted by Gasteiger charge is -1.92. The van der Waals surface area contributed by atoms with Crippen molar-refractivity contribution in [1.29, 1.82) is 0 Å². The Morgan fingerprint density at radius 2 is 2.27 bits per heavy atom. The minimum atomic E-state index is 1.01. The van der Waals surface area contributed by atoms with Gasteiger partial charge in [0.05, 0.1) is 11.1 Å². The van der Waals surface area contributed by atoms with Crippen LogP contribution in [-0.4, -0.2) is 9.38 Å². The maximum atomic E-state index is 4.35. The number of aryl methyl sites for hydroxylation is 1. The van der Waals surface area contributed by atoms with Gasteiger partial charge in [-0.3, -0.25) is 0 Å². The number of hydrogen-bond donors (Lipinski definition) is 0. The van der Waals surface area contributed by atoms with E-state index in [-0.39, 0.29) is 0 Å². The fourth-order valence-corrected chi connectivity index (χ4v) is 1.42. The molecule has 11 heavy (non-hydrogen) atoms.